The SMILES string of the molecule is C=C(Br)CNC(=O)Nc1ccc(C(=O)c2nccn2C)cc1. The Balaban J connectivity index is 2.01. The van der Waals surface area contributed by atoms with E-state index in [1.807, 2.05) is 0 Å². The standard InChI is InChI=1S/C15H15BrN4O2/c1-10(16)9-18-15(22)19-12-5-3-11(4-6-12)13(21)14-17-7-8-20(14)2/h3-8H,1,9H2,2H3,(H2,18,19,22). The number of carbonyl (C=O) groups excluding carboxylic acids is 2. The number of anilines is 1. The highest BCUT2D eigenvalue weighted by Crippen LogP contribution is 2.13. The smallest absolute Gasteiger partial charge is 0.319 e. The van der Waals surface area contributed by atoms with Crippen molar-refractivity contribution >= 4 is 33.4 Å². The van der Waals surface area contributed by atoms with Crippen molar-refractivity contribution in [1.29, 1.82) is 0 Å². The monoisotopic (exact) mass is 362 g/mol. The van der Waals surface area contributed by atoms with E-state index in [9.17, 15) is 9.59 Å². The normalized spacial score (nSPS) is 10.1. The molecule has 114 valence electrons. The van der Waals surface area contributed by atoms with Crippen LogP contribution in [0, 0.1) is 0 Å². The molecule has 7 heteroatoms. The van der Waals surface area contributed by atoms with Crippen LogP contribution in [0.15, 0.2) is 47.7 Å². The summed E-state index contributed by atoms with van der Waals surface area (Å²) in [7, 11) is 1.76. The molecule has 6 nitrogen and oxygen atoms in total. The van der Waals surface area contributed by atoms with E-state index < -0.39 is 0 Å². The molecule has 1 aromatic heterocycles. The summed E-state index contributed by atoms with van der Waals surface area (Å²) in [4.78, 5) is 27.9. The summed E-state index contributed by atoms with van der Waals surface area (Å²) in [6.45, 7) is 3.96. The average molecular weight is 363 g/mol. The van der Waals surface area contributed by atoms with Crippen LogP contribution in [0.5, 0.6) is 0 Å². The maximum atomic E-state index is 12.2. The van der Waals surface area contributed by atoms with Crippen molar-refractivity contribution in [3.8, 4) is 0 Å². The second-order valence-corrected chi connectivity index (χ2v) is 5.71. The van der Waals surface area contributed by atoms with E-state index in [0.29, 0.717) is 28.1 Å². The number of aryl methyl sites for hydroxylation is 1. The molecule has 2 aromatic rings. The number of nitrogens with one attached hydrogen (secondary N) is 2. The minimum absolute atomic E-state index is 0.168. The van der Waals surface area contributed by atoms with Gasteiger partial charge in [0.05, 0.1) is 6.54 Å². The fraction of sp³-hybridized carbons (Fsp3) is 0.133. The third kappa shape index (κ3) is 4.05. The number of amides is 2. The second kappa shape index (κ2) is 7.04. The van der Waals surface area contributed by atoms with Crippen molar-refractivity contribution < 1.29 is 9.59 Å². The van der Waals surface area contributed by atoms with Crippen LogP contribution < -0.4 is 10.6 Å². The van der Waals surface area contributed by atoms with E-state index in [2.05, 4.69) is 38.1 Å². The van der Waals surface area contributed by atoms with Gasteiger partial charge in [-0.25, -0.2) is 9.78 Å². The summed E-state index contributed by atoms with van der Waals surface area (Å²) in [5.74, 6) is 0.202. The lowest BCUT2D eigenvalue weighted by Crippen LogP contribution is -2.29. The molecule has 2 amide bonds. The summed E-state index contributed by atoms with van der Waals surface area (Å²) in [5, 5.41) is 5.29. The minimum atomic E-state index is -0.344. The third-order valence-corrected chi connectivity index (χ3v) is 3.15. The molecule has 0 aliphatic carbocycles. The zero-order valence-electron chi connectivity index (χ0n) is 12.0. The number of nitrogens with zero attached hydrogens (tertiary/aromatic N) is 2. The number of carbonyl (C=O) groups is 2. The number of imidazole rings is 1. The second-order valence-electron chi connectivity index (χ2n) is 4.59. The van der Waals surface area contributed by atoms with Gasteiger partial charge in [-0.3, -0.25) is 4.79 Å². The number of halogens is 1. The molecular formula is C15H15BrN4O2. The van der Waals surface area contributed by atoms with Gasteiger partial charge in [0.1, 0.15) is 0 Å². The topological polar surface area (TPSA) is 76.0 Å². The van der Waals surface area contributed by atoms with Crippen molar-refractivity contribution in [3.05, 3.63) is 59.1 Å². The Labute approximate surface area is 136 Å². The minimum Gasteiger partial charge on any atom is -0.333 e. The first-order valence-electron chi connectivity index (χ1n) is 6.47. The van der Waals surface area contributed by atoms with Gasteiger partial charge in [-0.1, -0.05) is 22.5 Å². The number of hydrogen-bond donors (Lipinski definition) is 2. The van der Waals surface area contributed by atoms with Gasteiger partial charge < -0.3 is 15.2 Å². The zero-order chi connectivity index (χ0) is 16.1. The molecule has 0 aliphatic heterocycles. The van der Waals surface area contributed by atoms with Crippen molar-refractivity contribution in [2.24, 2.45) is 7.05 Å². The summed E-state index contributed by atoms with van der Waals surface area (Å²) < 4.78 is 2.34. The van der Waals surface area contributed by atoms with Crippen LogP contribution in [0.1, 0.15) is 16.2 Å². The van der Waals surface area contributed by atoms with Crippen LogP contribution >= 0.6 is 15.9 Å². The Morgan fingerprint density at radius 1 is 1.32 bits per heavy atom. The van der Waals surface area contributed by atoms with Gasteiger partial charge in [-0.2, -0.15) is 0 Å². The maximum Gasteiger partial charge on any atom is 0.319 e. The third-order valence-electron chi connectivity index (χ3n) is 2.87. The molecule has 0 bridgehead atoms. The Morgan fingerprint density at radius 3 is 2.55 bits per heavy atom. The molecule has 0 saturated heterocycles. The first-order chi connectivity index (χ1) is 10.5. The Bertz CT molecular complexity index is 707. The molecule has 0 saturated carbocycles. The fourth-order valence-corrected chi connectivity index (χ4v) is 1.91. The molecule has 0 radical (unpaired) electrons. The van der Waals surface area contributed by atoms with E-state index in [4.69, 9.17) is 0 Å². The van der Waals surface area contributed by atoms with Gasteiger partial charge in [0.15, 0.2) is 5.82 Å². The molecule has 2 rings (SSSR count). The van der Waals surface area contributed by atoms with Crippen molar-refractivity contribution in [1.82, 2.24) is 14.9 Å². The van der Waals surface area contributed by atoms with Gasteiger partial charge in [0, 0.05) is 35.2 Å². The van der Waals surface area contributed by atoms with Crippen LogP contribution in [0.25, 0.3) is 0 Å². The highest BCUT2D eigenvalue weighted by molar-refractivity contribution is 9.11. The largest absolute Gasteiger partial charge is 0.333 e. The highest BCUT2D eigenvalue weighted by Gasteiger charge is 2.13. The molecule has 0 spiro atoms. The first kappa shape index (κ1) is 16.0. The molecule has 0 aliphatic rings. The number of urea groups is 1. The van der Waals surface area contributed by atoms with Gasteiger partial charge in [-0.15, -0.1) is 0 Å². The van der Waals surface area contributed by atoms with Gasteiger partial charge in [0.2, 0.25) is 5.78 Å². The molecule has 2 N–H and O–H groups in total. The summed E-state index contributed by atoms with van der Waals surface area (Å²) in [6, 6.07) is 6.28. The van der Waals surface area contributed by atoms with Crippen LogP contribution in [0.2, 0.25) is 0 Å². The summed E-state index contributed by atoms with van der Waals surface area (Å²) >= 11 is 3.16. The van der Waals surface area contributed by atoms with Crippen LogP contribution in [0.3, 0.4) is 0 Å². The maximum absolute atomic E-state index is 12.2. The quantitative estimate of drug-likeness (QED) is 0.802. The van der Waals surface area contributed by atoms with Crippen LogP contribution in [0.4, 0.5) is 10.5 Å². The van der Waals surface area contributed by atoms with E-state index in [0.717, 1.165) is 0 Å². The Morgan fingerprint density at radius 2 is 2.00 bits per heavy atom. The predicted molar refractivity (Wildman–Crippen MR) is 88.2 cm³/mol. The van der Waals surface area contributed by atoms with E-state index in [1.54, 1.807) is 48.3 Å². The Kier molecular flexibility index (Phi) is 5.11. The zero-order valence-corrected chi connectivity index (χ0v) is 13.6. The highest BCUT2D eigenvalue weighted by atomic mass is 79.9. The predicted octanol–water partition coefficient (Wildman–Crippen LogP) is 2.68. The first-order valence-corrected chi connectivity index (χ1v) is 7.27. The van der Waals surface area contributed by atoms with Crippen molar-refractivity contribution in [2.75, 3.05) is 11.9 Å². The fourth-order valence-electron chi connectivity index (χ4n) is 1.77. The van der Waals surface area contributed by atoms with Gasteiger partial charge in [0.25, 0.3) is 0 Å². The molecule has 0 atom stereocenters. The van der Waals surface area contributed by atoms with E-state index in [1.165, 1.54) is 0 Å². The van der Waals surface area contributed by atoms with Crippen molar-refractivity contribution in [3.63, 3.8) is 0 Å². The number of benzene rings is 1. The lowest BCUT2D eigenvalue weighted by atomic mass is 10.1. The molecule has 1 aromatic carbocycles. The summed E-state index contributed by atoms with van der Waals surface area (Å²) in [6.07, 6.45) is 3.29. The average Bonchev–Trinajstić information content (AvgIpc) is 2.91. The molecule has 0 fully saturated rings. The van der Waals surface area contributed by atoms with Gasteiger partial charge in [-0.05, 0) is 24.3 Å². The van der Waals surface area contributed by atoms with Crippen LogP contribution in [-0.2, 0) is 7.05 Å². The van der Waals surface area contributed by atoms with E-state index >= 15 is 0 Å². The number of ketones is 1. The van der Waals surface area contributed by atoms with Gasteiger partial charge >= 0.3 is 6.03 Å². The Hall–Kier alpha value is -2.41. The lowest BCUT2D eigenvalue weighted by molar-refractivity contribution is 0.102. The van der Waals surface area contributed by atoms with Crippen LogP contribution in [-0.4, -0.2) is 27.9 Å². The number of aromatic nitrogens is 2. The molecule has 22 heavy (non-hydrogen) atoms. The molecule has 1 heterocycles. The molecular weight excluding hydrogens is 348 g/mol. The number of hydrogen-bond acceptors (Lipinski definition) is 3. The van der Waals surface area contributed by atoms with E-state index in [-0.39, 0.29) is 11.8 Å². The lowest BCUT2D eigenvalue weighted by Gasteiger charge is -2.07. The van der Waals surface area contributed by atoms with Crippen molar-refractivity contribution in [2.45, 2.75) is 0 Å². The summed E-state index contributed by atoms with van der Waals surface area (Å²) in [5.41, 5.74) is 1.10. The number of rotatable bonds is 5. The molecule has 0 unspecified atom stereocenters.